The Morgan fingerprint density at radius 3 is 2.62 bits per heavy atom. The van der Waals surface area contributed by atoms with Crippen LogP contribution in [0.5, 0.6) is 0 Å². The minimum absolute atomic E-state index is 0.0452. The topological polar surface area (TPSA) is 39.1 Å². The van der Waals surface area contributed by atoms with Crippen LogP contribution < -0.4 is 5.32 Å². The van der Waals surface area contributed by atoms with Gasteiger partial charge in [0.2, 0.25) is 0 Å². The van der Waals surface area contributed by atoms with Gasteiger partial charge < -0.3 is 4.90 Å². The maximum Gasteiger partial charge on any atom is 0.0967 e. The number of rotatable bonds is 8. The molecule has 2 atom stereocenters. The Bertz CT molecular complexity index is 230. The first kappa shape index (κ1) is 13.5. The van der Waals surface area contributed by atoms with Gasteiger partial charge in [0.1, 0.15) is 0 Å². The van der Waals surface area contributed by atoms with Gasteiger partial charge >= 0.3 is 0 Å². The van der Waals surface area contributed by atoms with Gasteiger partial charge in [0.05, 0.1) is 12.1 Å². The molecule has 1 saturated carbocycles. The Morgan fingerprint density at radius 1 is 1.44 bits per heavy atom. The lowest BCUT2D eigenvalue weighted by Gasteiger charge is -2.25. The lowest BCUT2D eigenvalue weighted by molar-refractivity contribution is 0.236. The summed E-state index contributed by atoms with van der Waals surface area (Å²) in [5, 5.41) is 12.4. The van der Waals surface area contributed by atoms with E-state index in [1.165, 1.54) is 25.7 Å². The van der Waals surface area contributed by atoms with Crippen LogP contribution >= 0.6 is 0 Å². The first-order valence-corrected chi connectivity index (χ1v) is 6.53. The molecular weight excluding hydrogens is 198 g/mol. The minimum Gasteiger partial charge on any atom is -0.304 e. The van der Waals surface area contributed by atoms with Crippen molar-refractivity contribution in [3.8, 4) is 6.07 Å². The number of hydrogen-bond donors (Lipinski definition) is 1. The zero-order chi connectivity index (χ0) is 12.0. The second kappa shape index (κ2) is 6.88. The Balaban J connectivity index is 2.17. The van der Waals surface area contributed by atoms with E-state index in [2.05, 4.69) is 37.2 Å². The number of nitrogens with one attached hydrogen (secondary N) is 1. The summed E-state index contributed by atoms with van der Waals surface area (Å²) in [5.41, 5.74) is 0. The van der Waals surface area contributed by atoms with Gasteiger partial charge in [-0.3, -0.25) is 5.32 Å². The van der Waals surface area contributed by atoms with Crippen LogP contribution in [0.3, 0.4) is 0 Å². The third-order valence-corrected chi connectivity index (χ3v) is 3.40. The second-order valence-corrected chi connectivity index (χ2v) is 5.03. The number of nitriles is 1. The largest absolute Gasteiger partial charge is 0.304 e. The van der Waals surface area contributed by atoms with Gasteiger partial charge in [0.15, 0.2) is 0 Å². The van der Waals surface area contributed by atoms with E-state index >= 15 is 0 Å². The van der Waals surface area contributed by atoms with Gasteiger partial charge in [-0.15, -0.1) is 0 Å². The molecule has 0 aromatic rings. The molecule has 0 aromatic heterocycles. The lowest BCUT2D eigenvalue weighted by Crippen LogP contribution is -2.36. The summed E-state index contributed by atoms with van der Waals surface area (Å²) in [6, 6.07) is 3.66. The molecule has 3 heteroatoms. The van der Waals surface area contributed by atoms with Crippen molar-refractivity contribution in [1.29, 1.82) is 5.26 Å². The third-order valence-electron chi connectivity index (χ3n) is 3.40. The van der Waals surface area contributed by atoms with Gasteiger partial charge in [0, 0.05) is 18.6 Å². The summed E-state index contributed by atoms with van der Waals surface area (Å²) in [5.74, 6) is 0. The molecule has 92 valence electrons. The Morgan fingerprint density at radius 2 is 2.12 bits per heavy atom. The van der Waals surface area contributed by atoms with Crippen LogP contribution in [0.2, 0.25) is 0 Å². The van der Waals surface area contributed by atoms with E-state index in [4.69, 9.17) is 5.26 Å². The average molecular weight is 223 g/mol. The van der Waals surface area contributed by atoms with Crippen molar-refractivity contribution in [1.82, 2.24) is 10.2 Å². The first-order chi connectivity index (χ1) is 7.67. The molecule has 0 bridgehead atoms. The molecule has 2 unspecified atom stereocenters. The van der Waals surface area contributed by atoms with Gasteiger partial charge in [-0.2, -0.15) is 5.26 Å². The fourth-order valence-electron chi connectivity index (χ4n) is 1.91. The quantitative estimate of drug-likeness (QED) is 0.685. The van der Waals surface area contributed by atoms with Crippen LogP contribution in [0.4, 0.5) is 0 Å². The van der Waals surface area contributed by atoms with Crippen molar-refractivity contribution in [2.75, 3.05) is 13.6 Å². The lowest BCUT2D eigenvalue weighted by atomic mass is 10.1. The van der Waals surface area contributed by atoms with Crippen LogP contribution in [0.15, 0.2) is 0 Å². The Labute approximate surface area is 99.8 Å². The van der Waals surface area contributed by atoms with Gasteiger partial charge in [-0.1, -0.05) is 13.3 Å². The van der Waals surface area contributed by atoms with E-state index in [1.807, 2.05) is 0 Å². The SMILES string of the molecule is CCCC(C)N(C)CCC(C#N)NC1CC1. The van der Waals surface area contributed by atoms with Crippen molar-refractivity contribution in [2.45, 2.75) is 64.1 Å². The maximum absolute atomic E-state index is 9.03. The Hall–Kier alpha value is -0.590. The average Bonchev–Trinajstić information content (AvgIpc) is 3.07. The van der Waals surface area contributed by atoms with Crippen LogP contribution in [0, 0.1) is 11.3 Å². The van der Waals surface area contributed by atoms with E-state index in [0.29, 0.717) is 12.1 Å². The molecule has 0 aliphatic heterocycles. The van der Waals surface area contributed by atoms with Crippen LogP contribution in [0.1, 0.15) is 46.0 Å². The van der Waals surface area contributed by atoms with E-state index in [0.717, 1.165) is 13.0 Å². The van der Waals surface area contributed by atoms with Crippen molar-refractivity contribution in [3.05, 3.63) is 0 Å². The zero-order valence-electron chi connectivity index (χ0n) is 10.9. The predicted octanol–water partition coefficient (Wildman–Crippen LogP) is 2.14. The predicted molar refractivity (Wildman–Crippen MR) is 67.2 cm³/mol. The number of hydrogen-bond acceptors (Lipinski definition) is 3. The van der Waals surface area contributed by atoms with E-state index in [-0.39, 0.29) is 6.04 Å². The summed E-state index contributed by atoms with van der Waals surface area (Å²) < 4.78 is 0. The van der Waals surface area contributed by atoms with E-state index < -0.39 is 0 Å². The first-order valence-electron chi connectivity index (χ1n) is 6.53. The standard InChI is InChI=1S/C13H25N3/c1-4-5-11(2)16(3)9-8-13(10-14)15-12-6-7-12/h11-13,15H,4-9H2,1-3H3. The molecule has 0 amide bonds. The number of nitrogens with zero attached hydrogens (tertiary/aromatic N) is 2. The highest BCUT2D eigenvalue weighted by atomic mass is 15.1. The molecule has 1 N–H and O–H groups in total. The second-order valence-electron chi connectivity index (χ2n) is 5.03. The minimum atomic E-state index is 0.0452. The highest BCUT2D eigenvalue weighted by Crippen LogP contribution is 2.19. The summed E-state index contributed by atoms with van der Waals surface area (Å²) in [7, 11) is 2.16. The highest BCUT2D eigenvalue weighted by molar-refractivity contribution is 4.96. The van der Waals surface area contributed by atoms with Crippen molar-refractivity contribution in [2.24, 2.45) is 0 Å². The summed E-state index contributed by atoms with van der Waals surface area (Å²) >= 11 is 0. The van der Waals surface area contributed by atoms with Gasteiger partial charge in [-0.25, -0.2) is 0 Å². The van der Waals surface area contributed by atoms with Crippen LogP contribution in [-0.2, 0) is 0 Å². The molecule has 16 heavy (non-hydrogen) atoms. The van der Waals surface area contributed by atoms with Crippen LogP contribution in [0.25, 0.3) is 0 Å². The fraction of sp³-hybridized carbons (Fsp3) is 0.923. The molecule has 0 radical (unpaired) electrons. The van der Waals surface area contributed by atoms with E-state index in [9.17, 15) is 0 Å². The summed E-state index contributed by atoms with van der Waals surface area (Å²) in [4.78, 5) is 2.36. The summed E-state index contributed by atoms with van der Waals surface area (Å²) in [6.07, 6.45) is 5.91. The fourth-order valence-corrected chi connectivity index (χ4v) is 1.91. The molecule has 0 aromatic carbocycles. The van der Waals surface area contributed by atoms with Crippen LogP contribution in [-0.4, -0.2) is 36.6 Å². The molecule has 1 fully saturated rings. The Kier molecular flexibility index (Phi) is 5.79. The van der Waals surface area contributed by atoms with E-state index in [1.54, 1.807) is 0 Å². The third kappa shape index (κ3) is 4.96. The molecule has 3 nitrogen and oxygen atoms in total. The molecule has 1 rings (SSSR count). The highest BCUT2D eigenvalue weighted by Gasteiger charge is 2.24. The van der Waals surface area contributed by atoms with Crippen molar-refractivity contribution in [3.63, 3.8) is 0 Å². The molecule has 1 aliphatic carbocycles. The molecule has 0 saturated heterocycles. The molecular formula is C13H25N3. The monoisotopic (exact) mass is 223 g/mol. The molecule has 0 heterocycles. The normalized spacial score (nSPS) is 19.4. The van der Waals surface area contributed by atoms with Crippen molar-refractivity contribution < 1.29 is 0 Å². The maximum atomic E-state index is 9.03. The summed E-state index contributed by atoms with van der Waals surface area (Å²) in [6.45, 7) is 5.50. The zero-order valence-corrected chi connectivity index (χ0v) is 10.9. The molecule has 1 aliphatic rings. The van der Waals surface area contributed by atoms with Gasteiger partial charge in [0.25, 0.3) is 0 Å². The molecule has 0 spiro atoms. The van der Waals surface area contributed by atoms with Gasteiger partial charge in [-0.05, 0) is 39.7 Å². The van der Waals surface area contributed by atoms with Crippen molar-refractivity contribution >= 4 is 0 Å². The smallest absolute Gasteiger partial charge is 0.0967 e.